The van der Waals surface area contributed by atoms with Gasteiger partial charge in [0.25, 0.3) is 5.91 Å². The zero-order valence-electron chi connectivity index (χ0n) is 10.7. The van der Waals surface area contributed by atoms with Crippen LogP contribution in [0.2, 0.25) is 5.02 Å². The van der Waals surface area contributed by atoms with Gasteiger partial charge in [-0.05, 0) is 57.1 Å². The summed E-state index contributed by atoms with van der Waals surface area (Å²) in [5, 5.41) is 3.81. The highest BCUT2D eigenvalue weighted by atomic mass is 35.5. The summed E-state index contributed by atoms with van der Waals surface area (Å²) in [5.74, 6) is 0.130. The van der Waals surface area contributed by atoms with Crippen molar-refractivity contribution in [3.8, 4) is 0 Å². The van der Waals surface area contributed by atoms with Crippen molar-refractivity contribution in [1.82, 2.24) is 10.2 Å². The summed E-state index contributed by atoms with van der Waals surface area (Å²) in [7, 11) is 1.94. The topological polar surface area (TPSA) is 32.3 Å². The van der Waals surface area contributed by atoms with E-state index < -0.39 is 0 Å². The third-order valence-corrected chi connectivity index (χ3v) is 3.71. The van der Waals surface area contributed by atoms with E-state index in [1.807, 2.05) is 11.9 Å². The van der Waals surface area contributed by atoms with Crippen molar-refractivity contribution in [2.75, 3.05) is 20.1 Å². The first-order valence-electron chi connectivity index (χ1n) is 6.43. The SMILES string of the molecule is CNCCC1CCCN1C(=O)c1ccc(Cl)cc1. The Morgan fingerprint density at radius 3 is 2.83 bits per heavy atom. The van der Waals surface area contributed by atoms with E-state index >= 15 is 0 Å². The molecular formula is C14H19ClN2O. The van der Waals surface area contributed by atoms with Gasteiger partial charge < -0.3 is 10.2 Å². The lowest BCUT2D eigenvalue weighted by Gasteiger charge is -2.24. The van der Waals surface area contributed by atoms with E-state index in [4.69, 9.17) is 11.6 Å². The molecule has 1 fully saturated rings. The molecule has 3 nitrogen and oxygen atoms in total. The summed E-state index contributed by atoms with van der Waals surface area (Å²) in [5.41, 5.74) is 0.732. The molecule has 2 rings (SSSR count). The van der Waals surface area contributed by atoms with Gasteiger partial charge in [-0.1, -0.05) is 11.6 Å². The van der Waals surface area contributed by atoms with Crippen LogP contribution >= 0.6 is 11.6 Å². The number of halogens is 1. The molecule has 0 spiro atoms. The second-order valence-electron chi connectivity index (χ2n) is 4.69. The number of likely N-dealkylation sites (tertiary alicyclic amines) is 1. The lowest BCUT2D eigenvalue weighted by atomic mass is 10.1. The first kappa shape index (κ1) is 13.4. The van der Waals surface area contributed by atoms with Crippen LogP contribution in [0.3, 0.4) is 0 Å². The highest BCUT2D eigenvalue weighted by molar-refractivity contribution is 6.30. The van der Waals surface area contributed by atoms with Gasteiger partial charge in [0.05, 0.1) is 0 Å². The molecule has 1 heterocycles. The van der Waals surface area contributed by atoms with Crippen molar-refractivity contribution in [3.63, 3.8) is 0 Å². The van der Waals surface area contributed by atoms with Crippen molar-refractivity contribution in [3.05, 3.63) is 34.9 Å². The molecule has 0 bridgehead atoms. The summed E-state index contributed by atoms with van der Waals surface area (Å²) in [4.78, 5) is 14.4. The Balaban J connectivity index is 2.05. The third kappa shape index (κ3) is 3.03. The average molecular weight is 267 g/mol. The Morgan fingerprint density at radius 1 is 1.44 bits per heavy atom. The number of nitrogens with zero attached hydrogens (tertiary/aromatic N) is 1. The van der Waals surface area contributed by atoms with Gasteiger partial charge in [0, 0.05) is 23.2 Å². The average Bonchev–Trinajstić information content (AvgIpc) is 2.84. The van der Waals surface area contributed by atoms with Gasteiger partial charge in [0.15, 0.2) is 0 Å². The molecule has 1 atom stereocenters. The van der Waals surface area contributed by atoms with E-state index in [2.05, 4.69) is 5.32 Å². The molecule has 1 aromatic rings. The lowest BCUT2D eigenvalue weighted by Crippen LogP contribution is -2.37. The fourth-order valence-electron chi connectivity index (χ4n) is 2.47. The Bertz CT molecular complexity index is 405. The summed E-state index contributed by atoms with van der Waals surface area (Å²) < 4.78 is 0. The van der Waals surface area contributed by atoms with Crippen LogP contribution in [-0.4, -0.2) is 37.0 Å². The fourth-order valence-corrected chi connectivity index (χ4v) is 2.60. The van der Waals surface area contributed by atoms with Crippen molar-refractivity contribution in [2.24, 2.45) is 0 Å². The maximum absolute atomic E-state index is 12.4. The van der Waals surface area contributed by atoms with Crippen molar-refractivity contribution in [1.29, 1.82) is 0 Å². The summed E-state index contributed by atoms with van der Waals surface area (Å²) in [6, 6.07) is 7.53. The first-order valence-corrected chi connectivity index (χ1v) is 6.81. The fraction of sp³-hybridized carbons (Fsp3) is 0.500. The Labute approximate surface area is 113 Å². The van der Waals surface area contributed by atoms with Gasteiger partial charge in [-0.3, -0.25) is 4.79 Å². The molecule has 0 aliphatic carbocycles. The highest BCUT2D eigenvalue weighted by Gasteiger charge is 2.28. The standard InChI is InChI=1S/C14H19ClN2O/c1-16-9-8-13-3-2-10-17(13)14(18)11-4-6-12(15)7-5-11/h4-7,13,16H,2-3,8-10H2,1H3. The monoisotopic (exact) mass is 266 g/mol. The zero-order chi connectivity index (χ0) is 13.0. The number of benzene rings is 1. The Hall–Kier alpha value is -1.06. The normalized spacial score (nSPS) is 19.2. The number of hydrogen-bond acceptors (Lipinski definition) is 2. The summed E-state index contributed by atoms with van der Waals surface area (Å²) in [6.07, 6.45) is 3.24. The molecule has 1 aliphatic rings. The molecule has 1 N–H and O–H groups in total. The smallest absolute Gasteiger partial charge is 0.254 e. The molecule has 4 heteroatoms. The number of hydrogen-bond donors (Lipinski definition) is 1. The maximum Gasteiger partial charge on any atom is 0.254 e. The molecule has 1 amide bonds. The van der Waals surface area contributed by atoms with E-state index in [0.29, 0.717) is 11.1 Å². The molecule has 18 heavy (non-hydrogen) atoms. The Kier molecular flexibility index (Phi) is 4.61. The minimum atomic E-state index is 0.130. The minimum Gasteiger partial charge on any atom is -0.336 e. The molecule has 1 aliphatic heterocycles. The van der Waals surface area contributed by atoms with Crippen molar-refractivity contribution in [2.45, 2.75) is 25.3 Å². The molecule has 1 saturated heterocycles. The Morgan fingerprint density at radius 2 is 2.17 bits per heavy atom. The van der Waals surface area contributed by atoms with Gasteiger partial charge in [-0.2, -0.15) is 0 Å². The van der Waals surface area contributed by atoms with Crippen LogP contribution < -0.4 is 5.32 Å². The van der Waals surface area contributed by atoms with E-state index in [1.54, 1.807) is 24.3 Å². The minimum absolute atomic E-state index is 0.130. The first-order chi connectivity index (χ1) is 8.72. The van der Waals surface area contributed by atoms with Crippen molar-refractivity contribution < 1.29 is 4.79 Å². The van der Waals surface area contributed by atoms with Crippen LogP contribution in [0.5, 0.6) is 0 Å². The molecule has 1 unspecified atom stereocenters. The quantitative estimate of drug-likeness (QED) is 0.908. The van der Waals surface area contributed by atoms with Gasteiger partial charge in [-0.15, -0.1) is 0 Å². The van der Waals surface area contributed by atoms with E-state index in [1.165, 1.54) is 0 Å². The lowest BCUT2D eigenvalue weighted by molar-refractivity contribution is 0.0731. The van der Waals surface area contributed by atoms with Gasteiger partial charge in [-0.25, -0.2) is 0 Å². The van der Waals surface area contributed by atoms with Crippen LogP contribution in [0.1, 0.15) is 29.6 Å². The van der Waals surface area contributed by atoms with Crippen molar-refractivity contribution >= 4 is 17.5 Å². The van der Waals surface area contributed by atoms with Crippen LogP contribution in [0.15, 0.2) is 24.3 Å². The van der Waals surface area contributed by atoms with E-state index in [0.717, 1.165) is 37.9 Å². The zero-order valence-corrected chi connectivity index (χ0v) is 11.4. The predicted molar refractivity (Wildman–Crippen MR) is 74.1 cm³/mol. The number of carbonyl (C=O) groups is 1. The highest BCUT2D eigenvalue weighted by Crippen LogP contribution is 2.22. The number of rotatable bonds is 4. The summed E-state index contributed by atoms with van der Waals surface area (Å²) in [6.45, 7) is 1.82. The molecule has 98 valence electrons. The van der Waals surface area contributed by atoms with E-state index in [9.17, 15) is 4.79 Å². The van der Waals surface area contributed by atoms with Crippen LogP contribution in [0.4, 0.5) is 0 Å². The second-order valence-corrected chi connectivity index (χ2v) is 5.13. The number of carbonyl (C=O) groups excluding carboxylic acids is 1. The summed E-state index contributed by atoms with van der Waals surface area (Å²) >= 11 is 5.84. The molecule has 0 aromatic heterocycles. The third-order valence-electron chi connectivity index (χ3n) is 3.46. The molecular weight excluding hydrogens is 248 g/mol. The van der Waals surface area contributed by atoms with Crippen LogP contribution in [0.25, 0.3) is 0 Å². The predicted octanol–water partition coefficient (Wildman–Crippen LogP) is 2.55. The molecule has 0 radical (unpaired) electrons. The maximum atomic E-state index is 12.4. The molecule has 0 saturated carbocycles. The number of amides is 1. The van der Waals surface area contributed by atoms with Gasteiger partial charge in [0.1, 0.15) is 0 Å². The second kappa shape index (κ2) is 6.21. The molecule has 1 aromatic carbocycles. The van der Waals surface area contributed by atoms with Crippen LogP contribution in [0, 0.1) is 0 Å². The van der Waals surface area contributed by atoms with Gasteiger partial charge >= 0.3 is 0 Å². The largest absolute Gasteiger partial charge is 0.336 e. The van der Waals surface area contributed by atoms with E-state index in [-0.39, 0.29) is 5.91 Å². The van der Waals surface area contributed by atoms with Gasteiger partial charge in [0.2, 0.25) is 0 Å². The van der Waals surface area contributed by atoms with Crippen LogP contribution in [-0.2, 0) is 0 Å². The number of nitrogens with one attached hydrogen (secondary N) is 1.